The number of aromatic nitrogens is 4. The highest BCUT2D eigenvalue weighted by atomic mass is 19.1. The molecule has 6 nitrogen and oxygen atoms in total. The van der Waals surface area contributed by atoms with Crippen molar-refractivity contribution in [2.45, 2.75) is 12.7 Å². The first-order valence-corrected chi connectivity index (χ1v) is 2.78. The van der Waals surface area contributed by atoms with Crippen LogP contribution in [0.5, 0.6) is 0 Å². The number of carbonyl (C=O) groups is 1. The van der Waals surface area contributed by atoms with E-state index in [1.807, 2.05) is 0 Å². The quantitative estimate of drug-likeness (QED) is 0.619. The number of rotatable bonds is 3. The van der Waals surface area contributed by atoms with Crippen molar-refractivity contribution in [3.63, 3.8) is 0 Å². The molecule has 1 rings (SSSR count). The topological polar surface area (TPSA) is 80.9 Å². The minimum Gasteiger partial charge on any atom is -0.479 e. The fraction of sp³-hybridized carbons (Fsp3) is 0.500. The molecule has 0 radical (unpaired) electrons. The minimum absolute atomic E-state index is 0.359. The maximum absolute atomic E-state index is 12.4. The number of carboxylic acid groups (broad SMARTS) is 1. The van der Waals surface area contributed by atoms with Gasteiger partial charge in [0.15, 0.2) is 0 Å². The van der Waals surface area contributed by atoms with Gasteiger partial charge < -0.3 is 5.11 Å². The zero-order chi connectivity index (χ0) is 8.27. The van der Waals surface area contributed by atoms with E-state index in [4.69, 9.17) is 5.11 Å². The van der Waals surface area contributed by atoms with Crippen LogP contribution in [-0.4, -0.2) is 37.5 Å². The standard InChI is InChI=1S/C4H5FN4O2/c5-3(4(10)11)1-9-2-6-7-8-9/h2-3H,1H2,(H,10,11). The smallest absolute Gasteiger partial charge is 0.340 e. The number of halogens is 1. The van der Waals surface area contributed by atoms with Crippen LogP contribution in [0.1, 0.15) is 0 Å². The molecule has 1 heterocycles. The minimum atomic E-state index is -1.96. The first-order chi connectivity index (χ1) is 5.20. The Morgan fingerprint density at radius 1 is 1.82 bits per heavy atom. The van der Waals surface area contributed by atoms with Crippen LogP contribution in [0.15, 0.2) is 6.33 Å². The second-order valence-corrected chi connectivity index (χ2v) is 1.84. The number of hydrogen-bond acceptors (Lipinski definition) is 4. The molecule has 7 heteroatoms. The van der Waals surface area contributed by atoms with Gasteiger partial charge in [0.1, 0.15) is 6.33 Å². The zero-order valence-electron chi connectivity index (χ0n) is 5.38. The van der Waals surface area contributed by atoms with Gasteiger partial charge in [-0.2, -0.15) is 0 Å². The van der Waals surface area contributed by atoms with Gasteiger partial charge in [0.2, 0.25) is 6.17 Å². The number of hydrogen-bond donors (Lipinski definition) is 1. The maximum Gasteiger partial charge on any atom is 0.340 e. The Morgan fingerprint density at radius 3 is 3.00 bits per heavy atom. The average molecular weight is 160 g/mol. The van der Waals surface area contributed by atoms with E-state index in [0.29, 0.717) is 0 Å². The molecule has 0 saturated carbocycles. The van der Waals surface area contributed by atoms with Crippen LogP contribution in [0.25, 0.3) is 0 Å². The van der Waals surface area contributed by atoms with Crippen LogP contribution in [-0.2, 0) is 11.3 Å². The number of alkyl halides is 1. The molecule has 11 heavy (non-hydrogen) atoms. The van der Waals surface area contributed by atoms with Gasteiger partial charge in [0, 0.05) is 0 Å². The summed E-state index contributed by atoms with van der Waals surface area (Å²) in [6, 6.07) is 0. The molecule has 60 valence electrons. The summed E-state index contributed by atoms with van der Waals surface area (Å²) in [4.78, 5) is 9.97. The average Bonchev–Trinajstić information content (AvgIpc) is 2.39. The summed E-state index contributed by atoms with van der Waals surface area (Å²) in [6.07, 6.45) is -0.811. The van der Waals surface area contributed by atoms with E-state index in [9.17, 15) is 9.18 Å². The third-order valence-corrected chi connectivity index (χ3v) is 1.01. The Balaban J connectivity index is 2.50. The molecule has 0 aromatic carbocycles. The first kappa shape index (κ1) is 7.58. The molecular formula is C4H5FN4O2. The Hall–Kier alpha value is -1.53. The van der Waals surface area contributed by atoms with Crippen molar-refractivity contribution in [3.05, 3.63) is 6.33 Å². The van der Waals surface area contributed by atoms with Crippen LogP contribution in [0.2, 0.25) is 0 Å². The normalized spacial score (nSPS) is 12.8. The summed E-state index contributed by atoms with van der Waals surface area (Å²) >= 11 is 0. The van der Waals surface area contributed by atoms with E-state index in [0.717, 1.165) is 11.0 Å². The Kier molecular flexibility index (Phi) is 2.09. The lowest BCUT2D eigenvalue weighted by atomic mass is 10.4. The van der Waals surface area contributed by atoms with Crippen molar-refractivity contribution < 1.29 is 14.3 Å². The Bertz CT molecular complexity index is 236. The Labute approximate surface area is 60.6 Å². The van der Waals surface area contributed by atoms with Crippen LogP contribution < -0.4 is 0 Å². The summed E-state index contributed by atoms with van der Waals surface area (Å²) in [5, 5.41) is 17.8. The molecule has 1 atom stereocenters. The molecule has 0 aliphatic heterocycles. The highest BCUT2D eigenvalue weighted by Gasteiger charge is 2.16. The van der Waals surface area contributed by atoms with Gasteiger partial charge in [-0.3, -0.25) is 0 Å². The molecule has 0 spiro atoms. The van der Waals surface area contributed by atoms with Gasteiger partial charge >= 0.3 is 5.97 Å². The Morgan fingerprint density at radius 2 is 2.55 bits per heavy atom. The lowest BCUT2D eigenvalue weighted by molar-refractivity contribution is -0.143. The molecular weight excluding hydrogens is 155 g/mol. The molecule has 0 bridgehead atoms. The number of tetrazole rings is 1. The number of aliphatic carboxylic acids is 1. The van der Waals surface area contributed by atoms with Crippen LogP contribution in [0, 0.1) is 0 Å². The molecule has 1 N–H and O–H groups in total. The van der Waals surface area contributed by atoms with Gasteiger partial charge in [0.25, 0.3) is 0 Å². The molecule has 1 unspecified atom stereocenters. The summed E-state index contributed by atoms with van der Waals surface area (Å²) in [5.41, 5.74) is 0. The monoisotopic (exact) mass is 160 g/mol. The molecule has 0 saturated heterocycles. The molecule has 0 amide bonds. The first-order valence-electron chi connectivity index (χ1n) is 2.78. The van der Waals surface area contributed by atoms with Gasteiger partial charge in [-0.15, -0.1) is 5.10 Å². The summed E-state index contributed by atoms with van der Waals surface area (Å²) in [5.74, 6) is -1.51. The molecule has 0 aliphatic rings. The number of nitrogens with zero attached hydrogens (tertiary/aromatic N) is 4. The number of carboxylic acids is 1. The van der Waals surface area contributed by atoms with Crippen LogP contribution >= 0.6 is 0 Å². The highest BCUT2D eigenvalue weighted by molar-refractivity contribution is 5.71. The van der Waals surface area contributed by atoms with Gasteiger partial charge in [-0.25, -0.2) is 13.9 Å². The van der Waals surface area contributed by atoms with Crippen molar-refractivity contribution >= 4 is 5.97 Å². The van der Waals surface area contributed by atoms with E-state index in [1.165, 1.54) is 0 Å². The van der Waals surface area contributed by atoms with Gasteiger partial charge in [0.05, 0.1) is 6.54 Å². The van der Waals surface area contributed by atoms with E-state index < -0.39 is 12.1 Å². The van der Waals surface area contributed by atoms with Crippen molar-refractivity contribution in [2.24, 2.45) is 0 Å². The molecule has 1 aromatic heterocycles. The maximum atomic E-state index is 12.4. The van der Waals surface area contributed by atoms with Crippen molar-refractivity contribution in [2.75, 3.05) is 0 Å². The van der Waals surface area contributed by atoms with E-state index in [1.54, 1.807) is 0 Å². The third kappa shape index (κ3) is 1.95. The zero-order valence-corrected chi connectivity index (χ0v) is 5.38. The van der Waals surface area contributed by atoms with Crippen molar-refractivity contribution in [3.8, 4) is 0 Å². The summed E-state index contributed by atoms with van der Waals surface area (Å²) in [6.45, 7) is -0.359. The van der Waals surface area contributed by atoms with Crippen molar-refractivity contribution in [1.29, 1.82) is 0 Å². The summed E-state index contributed by atoms with van der Waals surface area (Å²) < 4.78 is 13.4. The predicted molar refractivity (Wildman–Crippen MR) is 30.3 cm³/mol. The van der Waals surface area contributed by atoms with E-state index in [2.05, 4.69) is 15.5 Å². The summed E-state index contributed by atoms with van der Waals surface area (Å²) in [7, 11) is 0. The van der Waals surface area contributed by atoms with Crippen molar-refractivity contribution in [1.82, 2.24) is 20.2 Å². The van der Waals surface area contributed by atoms with Crippen LogP contribution in [0.4, 0.5) is 4.39 Å². The van der Waals surface area contributed by atoms with E-state index in [-0.39, 0.29) is 6.54 Å². The lowest BCUT2D eigenvalue weighted by Crippen LogP contribution is -2.21. The highest BCUT2D eigenvalue weighted by Crippen LogP contribution is 1.93. The molecule has 1 aromatic rings. The predicted octanol–water partition coefficient (Wildman–Crippen LogP) is -0.904. The lowest BCUT2D eigenvalue weighted by Gasteiger charge is -1.99. The largest absolute Gasteiger partial charge is 0.479 e. The second kappa shape index (κ2) is 3.04. The van der Waals surface area contributed by atoms with Gasteiger partial charge in [-0.05, 0) is 10.4 Å². The van der Waals surface area contributed by atoms with Crippen LogP contribution in [0.3, 0.4) is 0 Å². The third-order valence-electron chi connectivity index (χ3n) is 1.01. The SMILES string of the molecule is O=C(O)C(F)Cn1cnnn1. The fourth-order valence-corrected chi connectivity index (χ4v) is 0.506. The molecule has 0 fully saturated rings. The second-order valence-electron chi connectivity index (χ2n) is 1.84. The van der Waals surface area contributed by atoms with E-state index >= 15 is 0 Å². The fourth-order valence-electron chi connectivity index (χ4n) is 0.506. The molecule has 0 aliphatic carbocycles. The van der Waals surface area contributed by atoms with Gasteiger partial charge in [-0.1, -0.05) is 0 Å².